The van der Waals surface area contributed by atoms with Crippen LogP contribution >= 0.6 is 11.0 Å². The zero-order valence-electron chi connectivity index (χ0n) is 17.2. The Hall–Kier alpha value is -2.49. The Balaban J connectivity index is 1.87. The summed E-state index contributed by atoms with van der Waals surface area (Å²) in [5.74, 6) is -0.540. The molecule has 2 aromatic carbocycles. The highest BCUT2D eigenvalue weighted by molar-refractivity contribution is 8.27. The lowest BCUT2D eigenvalue weighted by Crippen LogP contribution is -2.43. The van der Waals surface area contributed by atoms with Crippen molar-refractivity contribution in [3.05, 3.63) is 54.3 Å². The van der Waals surface area contributed by atoms with E-state index in [1.165, 1.54) is 20.7 Å². The van der Waals surface area contributed by atoms with Crippen LogP contribution in [0.5, 0.6) is 0 Å². The SMILES string of the molecule is CC(C)(C)C(CCCN1c2c(F)cccc2N(c2ccccc2)S1(O)O)NC(=O)O. The Morgan fingerprint density at radius 2 is 1.80 bits per heavy atom. The number of hydrogen-bond acceptors (Lipinski definition) is 5. The molecule has 4 N–H and O–H groups in total. The third kappa shape index (κ3) is 4.33. The lowest BCUT2D eigenvalue weighted by molar-refractivity contribution is 0.171. The van der Waals surface area contributed by atoms with Crippen LogP contribution in [-0.4, -0.2) is 32.9 Å². The maximum Gasteiger partial charge on any atom is 0.404 e. The maximum absolute atomic E-state index is 14.8. The summed E-state index contributed by atoms with van der Waals surface area (Å²) in [6.07, 6.45) is -0.196. The maximum atomic E-state index is 14.8. The average Bonchev–Trinajstić information content (AvgIpc) is 2.88. The Kier molecular flexibility index (Phi) is 6.16. The summed E-state index contributed by atoms with van der Waals surface area (Å²) in [6.45, 7) is 5.96. The average molecular weight is 438 g/mol. The Labute approximate surface area is 177 Å². The fraction of sp³-hybridized carbons (Fsp3) is 0.381. The van der Waals surface area contributed by atoms with E-state index in [-0.39, 0.29) is 23.7 Å². The molecule has 0 aromatic heterocycles. The molecule has 0 aliphatic carbocycles. The van der Waals surface area contributed by atoms with Crippen molar-refractivity contribution in [2.45, 2.75) is 39.7 Å². The van der Waals surface area contributed by atoms with Crippen molar-refractivity contribution in [2.24, 2.45) is 5.41 Å². The van der Waals surface area contributed by atoms with Crippen LogP contribution < -0.4 is 13.9 Å². The summed E-state index contributed by atoms with van der Waals surface area (Å²) in [6, 6.07) is 13.0. The van der Waals surface area contributed by atoms with Crippen molar-refractivity contribution in [1.82, 2.24) is 5.32 Å². The highest BCUT2D eigenvalue weighted by atomic mass is 32.3. The second-order valence-corrected chi connectivity index (χ2v) is 10.1. The van der Waals surface area contributed by atoms with E-state index in [1.807, 2.05) is 26.8 Å². The molecule has 1 aliphatic rings. The van der Waals surface area contributed by atoms with Crippen molar-refractivity contribution in [3.8, 4) is 0 Å². The Morgan fingerprint density at radius 1 is 1.13 bits per heavy atom. The van der Waals surface area contributed by atoms with Gasteiger partial charge in [0.15, 0.2) is 0 Å². The predicted molar refractivity (Wildman–Crippen MR) is 119 cm³/mol. The number of amides is 1. The van der Waals surface area contributed by atoms with E-state index < -0.39 is 22.9 Å². The minimum Gasteiger partial charge on any atom is -0.465 e. The van der Waals surface area contributed by atoms with Gasteiger partial charge < -0.3 is 10.4 Å². The number of fused-ring (bicyclic) bond motifs is 1. The molecule has 1 amide bonds. The summed E-state index contributed by atoms with van der Waals surface area (Å²) in [5, 5.41) is 11.6. The van der Waals surface area contributed by atoms with Crippen molar-refractivity contribution in [1.29, 1.82) is 0 Å². The largest absolute Gasteiger partial charge is 0.465 e. The smallest absolute Gasteiger partial charge is 0.404 e. The van der Waals surface area contributed by atoms with Crippen LogP contribution in [0.1, 0.15) is 33.6 Å². The molecular weight excluding hydrogens is 409 g/mol. The first kappa shape index (κ1) is 22.2. The molecule has 3 rings (SSSR count). The lowest BCUT2D eigenvalue weighted by Gasteiger charge is -2.44. The predicted octanol–water partition coefficient (Wildman–Crippen LogP) is 5.83. The number of rotatable bonds is 6. The number of hydrogen-bond donors (Lipinski definition) is 4. The fourth-order valence-electron chi connectivity index (χ4n) is 3.66. The van der Waals surface area contributed by atoms with Gasteiger partial charge in [-0.1, -0.05) is 45.0 Å². The van der Waals surface area contributed by atoms with Crippen LogP contribution in [0.2, 0.25) is 0 Å². The number of para-hydroxylation sites is 2. The van der Waals surface area contributed by atoms with Gasteiger partial charge in [-0.05, 0) is 53.5 Å². The molecule has 164 valence electrons. The van der Waals surface area contributed by atoms with Gasteiger partial charge in [-0.25, -0.2) is 17.8 Å². The van der Waals surface area contributed by atoms with E-state index in [1.54, 1.807) is 30.3 Å². The van der Waals surface area contributed by atoms with Gasteiger partial charge in [0.05, 0.1) is 11.4 Å². The minimum absolute atomic E-state index is 0.139. The molecular formula is C21H28FN3O4S. The first-order valence-electron chi connectivity index (χ1n) is 9.72. The molecule has 0 radical (unpaired) electrons. The molecule has 7 nitrogen and oxygen atoms in total. The summed E-state index contributed by atoms with van der Waals surface area (Å²) in [5.41, 5.74) is 0.759. The third-order valence-corrected chi connectivity index (χ3v) is 7.02. The Morgan fingerprint density at radius 3 is 2.40 bits per heavy atom. The minimum atomic E-state index is -3.53. The molecule has 0 saturated carbocycles. The molecule has 2 aromatic rings. The number of nitrogens with one attached hydrogen (secondary N) is 1. The summed E-state index contributed by atoms with van der Waals surface area (Å²) in [4.78, 5) is 11.1. The van der Waals surface area contributed by atoms with E-state index in [9.17, 15) is 18.3 Å². The second kappa shape index (κ2) is 8.33. The number of benzene rings is 2. The summed E-state index contributed by atoms with van der Waals surface area (Å²) < 4.78 is 39.6. The van der Waals surface area contributed by atoms with Gasteiger partial charge in [0.25, 0.3) is 0 Å². The van der Waals surface area contributed by atoms with Gasteiger partial charge >= 0.3 is 6.09 Å². The highest BCUT2D eigenvalue weighted by Crippen LogP contribution is 2.64. The molecule has 0 saturated heterocycles. The Bertz CT molecular complexity index is 905. The van der Waals surface area contributed by atoms with Gasteiger partial charge in [0.2, 0.25) is 0 Å². The molecule has 1 unspecified atom stereocenters. The first-order chi connectivity index (χ1) is 14.0. The number of halogens is 1. The molecule has 1 heterocycles. The monoisotopic (exact) mass is 437 g/mol. The van der Waals surface area contributed by atoms with Gasteiger partial charge in [0.1, 0.15) is 11.5 Å². The molecule has 1 atom stereocenters. The van der Waals surface area contributed by atoms with E-state index in [0.29, 0.717) is 24.2 Å². The normalized spacial score (nSPS) is 17.4. The zero-order chi connectivity index (χ0) is 22.1. The lowest BCUT2D eigenvalue weighted by atomic mass is 9.84. The fourth-order valence-corrected chi connectivity index (χ4v) is 5.47. The van der Waals surface area contributed by atoms with E-state index in [2.05, 4.69) is 5.32 Å². The van der Waals surface area contributed by atoms with Crippen molar-refractivity contribution >= 4 is 34.1 Å². The molecule has 0 bridgehead atoms. The first-order valence-corrected chi connectivity index (χ1v) is 11.2. The highest BCUT2D eigenvalue weighted by Gasteiger charge is 2.43. The number of anilines is 3. The number of nitrogens with zero attached hydrogens (tertiary/aromatic N) is 2. The standard InChI is InChI=1S/C21H28FN3O4S/c1-21(2,3)18(23-20(26)27)13-8-14-24-19-16(22)11-7-12-17(19)25(30(24,28)29)15-9-5-4-6-10-15/h4-7,9-12,18,23,28-29H,8,13-14H2,1-3H3,(H,26,27). The van der Waals surface area contributed by atoms with Gasteiger partial charge in [-0.15, -0.1) is 0 Å². The van der Waals surface area contributed by atoms with E-state index in [4.69, 9.17) is 5.11 Å². The summed E-state index contributed by atoms with van der Waals surface area (Å²) in [7, 11) is -3.53. The molecule has 30 heavy (non-hydrogen) atoms. The van der Waals surface area contributed by atoms with Crippen LogP contribution in [0.3, 0.4) is 0 Å². The van der Waals surface area contributed by atoms with Gasteiger partial charge in [-0.2, -0.15) is 0 Å². The third-order valence-electron chi connectivity index (χ3n) is 5.16. The van der Waals surface area contributed by atoms with E-state index >= 15 is 0 Å². The van der Waals surface area contributed by atoms with Crippen LogP contribution in [0, 0.1) is 11.2 Å². The van der Waals surface area contributed by atoms with Crippen LogP contribution in [0.25, 0.3) is 0 Å². The van der Waals surface area contributed by atoms with E-state index in [0.717, 1.165) is 0 Å². The van der Waals surface area contributed by atoms with Crippen molar-refractivity contribution < 1.29 is 23.4 Å². The number of carbonyl (C=O) groups is 1. The van der Waals surface area contributed by atoms with Crippen LogP contribution in [0.4, 0.5) is 26.2 Å². The topological polar surface area (TPSA) is 96.3 Å². The van der Waals surface area contributed by atoms with Crippen molar-refractivity contribution in [2.75, 3.05) is 15.2 Å². The van der Waals surface area contributed by atoms with Gasteiger partial charge in [0, 0.05) is 12.6 Å². The van der Waals surface area contributed by atoms with Crippen LogP contribution in [-0.2, 0) is 0 Å². The molecule has 1 aliphatic heterocycles. The number of carboxylic acid groups (broad SMARTS) is 1. The molecule has 9 heteroatoms. The summed E-state index contributed by atoms with van der Waals surface area (Å²) >= 11 is 0. The van der Waals surface area contributed by atoms with Gasteiger partial charge in [-0.3, -0.25) is 9.11 Å². The molecule has 0 spiro atoms. The second-order valence-electron chi connectivity index (χ2n) is 8.34. The quantitative estimate of drug-likeness (QED) is 0.454. The van der Waals surface area contributed by atoms with Crippen LogP contribution in [0.15, 0.2) is 48.5 Å². The van der Waals surface area contributed by atoms with Crippen molar-refractivity contribution in [3.63, 3.8) is 0 Å². The molecule has 0 fully saturated rings. The zero-order valence-corrected chi connectivity index (χ0v) is 18.1.